The van der Waals surface area contributed by atoms with Crippen molar-refractivity contribution >= 4 is 33.3 Å². The van der Waals surface area contributed by atoms with Crippen molar-refractivity contribution in [1.29, 1.82) is 0 Å². The highest BCUT2D eigenvalue weighted by Gasteiger charge is 2.57. The molecule has 7 heteroatoms. The van der Waals surface area contributed by atoms with Crippen LogP contribution in [0.5, 0.6) is 0 Å². The first-order valence-corrected chi connectivity index (χ1v) is 12.3. The third-order valence-corrected chi connectivity index (χ3v) is 9.37. The average molecular weight is 439 g/mol. The molecule has 1 fully saturated rings. The Morgan fingerprint density at radius 1 is 1.03 bits per heavy atom. The number of thiophene rings is 1. The molecule has 1 amide bonds. The molecule has 2 unspecified atom stereocenters. The summed E-state index contributed by atoms with van der Waals surface area (Å²) in [6.07, 6.45) is 1.27. The van der Waals surface area contributed by atoms with Gasteiger partial charge >= 0.3 is 0 Å². The second-order valence-corrected chi connectivity index (χ2v) is 10.9. The number of rotatable bonds is 5. The zero-order valence-corrected chi connectivity index (χ0v) is 18.0. The summed E-state index contributed by atoms with van der Waals surface area (Å²) in [6, 6.07) is 21.3. The summed E-state index contributed by atoms with van der Waals surface area (Å²) in [5, 5.41) is 1.76. The van der Waals surface area contributed by atoms with Gasteiger partial charge in [0.2, 0.25) is 10.1 Å². The van der Waals surface area contributed by atoms with Gasteiger partial charge < -0.3 is 9.45 Å². The van der Waals surface area contributed by atoms with Gasteiger partial charge in [0.15, 0.2) is 10.4 Å². The third kappa shape index (κ3) is 3.04. The Kier molecular flexibility index (Phi) is 4.86. The van der Waals surface area contributed by atoms with Crippen LogP contribution in [-0.2, 0) is 31.2 Å². The normalized spacial score (nSPS) is 23.1. The van der Waals surface area contributed by atoms with Gasteiger partial charge in [-0.25, -0.2) is 0 Å². The minimum absolute atomic E-state index is 0.0171. The first-order valence-electron chi connectivity index (χ1n) is 10.0. The van der Waals surface area contributed by atoms with E-state index in [9.17, 15) is 13.6 Å². The number of para-hydroxylation sites is 1. The van der Waals surface area contributed by atoms with E-state index in [1.54, 1.807) is 17.5 Å². The zero-order valence-electron chi connectivity index (χ0n) is 16.4. The van der Waals surface area contributed by atoms with Crippen LogP contribution < -0.4 is 4.90 Å². The number of amides is 1. The number of sulfonamides is 1. The minimum Gasteiger partial charge on any atom is -0.592 e. The van der Waals surface area contributed by atoms with E-state index in [-0.39, 0.29) is 12.5 Å². The van der Waals surface area contributed by atoms with Crippen LogP contribution in [0.15, 0.2) is 76.3 Å². The Bertz CT molecular complexity index is 1120. The molecule has 1 spiro atoms. The van der Waals surface area contributed by atoms with Crippen LogP contribution in [-0.4, -0.2) is 34.4 Å². The van der Waals surface area contributed by atoms with Gasteiger partial charge in [0.05, 0.1) is 12.0 Å². The molecule has 5 nitrogen and oxygen atoms in total. The van der Waals surface area contributed by atoms with Crippen LogP contribution in [0.4, 0.5) is 5.69 Å². The predicted molar refractivity (Wildman–Crippen MR) is 118 cm³/mol. The molecule has 2 aromatic carbocycles. The van der Waals surface area contributed by atoms with Gasteiger partial charge in [0, 0.05) is 24.8 Å². The SMILES string of the molecule is O=C1N(CCc2ccccc2)c2ccccc2C12CCN([S+](=O)([O-])c1cccs1)C2. The summed E-state index contributed by atoms with van der Waals surface area (Å²) < 4.78 is 27.9. The second kappa shape index (κ2) is 7.42. The largest absolute Gasteiger partial charge is 0.592 e. The topological polar surface area (TPSA) is 63.7 Å². The number of anilines is 1. The molecule has 30 heavy (non-hydrogen) atoms. The molecule has 3 heterocycles. The van der Waals surface area contributed by atoms with Crippen LogP contribution in [0.3, 0.4) is 0 Å². The van der Waals surface area contributed by atoms with Crippen molar-refractivity contribution in [3.8, 4) is 0 Å². The highest BCUT2D eigenvalue weighted by atomic mass is 32.3. The van der Waals surface area contributed by atoms with E-state index >= 15 is 0 Å². The van der Waals surface area contributed by atoms with Crippen molar-refractivity contribution in [2.24, 2.45) is 0 Å². The highest BCUT2D eigenvalue weighted by Crippen LogP contribution is 2.48. The van der Waals surface area contributed by atoms with E-state index in [0.717, 1.165) is 17.7 Å². The summed E-state index contributed by atoms with van der Waals surface area (Å²) >= 11 is 1.22. The molecule has 2 aliphatic rings. The molecule has 154 valence electrons. The first-order chi connectivity index (χ1) is 14.5. The van der Waals surface area contributed by atoms with E-state index in [2.05, 4.69) is 12.1 Å². The Balaban J connectivity index is 1.45. The molecule has 3 aromatic rings. The number of hydrogen-bond acceptors (Lipinski definition) is 4. The first kappa shape index (κ1) is 19.6. The number of nitrogens with zero attached hydrogens (tertiary/aromatic N) is 2. The molecular formula is C23H22N2O3S2. The molecule has 0 N–H and O–H groups in total. The smallest absolute Gasteiger partial charge is 0.239 e. The molecule has 2 atom stereocenters. The van der Waals surface area contributed by atoms with Crippen molar-refractivity contribution in [3.63, 3.8) is 0 Å². The lowest BCUT2D eigenvalue weighted by molar-refractivity contribution is -0.122. The van der Waals surface area contributed by atoms with Gasteiger partial charge in [0.1, 0.15) is 0 Å². The molecule has 0 radical (unpaired) electrons. The fraction of sp³-hybridized carbons (Fsp3) is 0.261. The zero-order chi connectivity index (χ0) is 20.8. The van der Waals surface area contributed by atoms with Crippen molar-refractivity contribution in [2.75, 3.05) is 24.5 Å². The van der Waals surface area contributed by atoms with Crippen LogP contribution in [0.25, 0.3) is 0 Å². The van der Waals surface area contributed by atoms with Gasteiger partial charge in [0.25, 0.3) is 0 Å². The number of carbonyl (C=O) groups excluding carboxylic acids is 1. The van der Waals surface area contributed by atoms with Crippen molar-refractivity contribution in [3.05, 3.63) is 83.2 Å². The van der Waals surface area contributed by atoms with Crippen molar-refractivity contribution < 1.29 is 13.6 Å². The number of carbonyl (C=O) groups is 1. The Morgan fingerprint density at radius 3 is 2.57 bits per heavy atom. The van der Waals surface area contributed by atoms with E-state index in [1.807, 2.05) is 47.4 Å². The number of hydrogen-bond donors (Lipinski definition) is 0. The van der Waals surface area contributed by atoms with E-state index < -0.39 is 15.8 Å². The summed E-state index contributed by atoms with van der Waals surface area (Å²) in [6.45, 7) is 1.14. The lowest BCUT2D eigenvalue weighted by Gasteiger charge is -2.26. The fourth-order valence-electron chi connectivity index (χ4n) is 4.62. The monoisotopic (exact) mass is 438 g/mol. The number of benzene rings is 2. The van der Waals surface area contributed by atoms with Gasteiger partial charge in [-0.05, 0) is 41.5 Å². The maximum Gasteiger partial charge on any atom is 0.239 e. The van der Waals surface area contributed by atoms with Gasteiger partial charge in [-0.2, -0.15) is 0 Å². The summed E-state index contributed by atoms with van der Waals surface area (Å²) in [5.74, 6) is 0.0171. The van der Waals surface area contributed by atoms with Gasteiger partial charge in [-0.3, -0.25) is 4.79 Å². The predicted octanol–water partition coefficient (Wildman–Crippen LogP) is 3.88. The Labute approximate surface area is 181 Å². The fourth-order valence-corrected chi connectivity index (χ4v) is 7.26. The summed E-state index contributed by atoms with van der Waals surface area (Å²) in [4.78, 5) is 15.5. The molecule has 5 rings (SSSR count). The molecule has 1 saturated heterocycles. The molecule has 0 bridgehead atoms. The second-order valence-electron chi connectivity index (χ2n) is 7.81. The molecular weight excluding hydrogens is 416 g/mol. The summed E-state index contributed by atoms with van der Waals surface area (Å²) in [7, 11) is -3.58. The third-order valence-electron chi connectivity index (χ3n) is 6.16. The van der Waals surface area contributed by atoms with E-state index in [0.29, 0.717) is 23.7 Å². The highest BCUT2D eigenvalue weighted by molar-refractivity contribution is 7.97. The maximum atomic E-state index is 13.7. The van der Waals surface area contributed by atoms with Crippen LogP contribution in [0, 0.1) is 0 Å². The Hall–Kier alpha value is -2.32. The van der Waals surface area contributed by atoms with Gasteiger partial charge in [-0.15, -0.1) is 4.31 Å². The lowest BCUT2D eigenvalue weighted by atomic mass is 9.81. The lowest BCUT2D eigenvalue weighted by Crippen LogP contribution is -2.44. The van der Waals surface area contributed by atoms with E-state index in [1.165, 1.54) is 21.2 Å². The van der Waals surface area contributed by atoms with Crippen LogP contribution in [0.1, 0.15) is 17.5 Å². The molecule has 1 aromatic heterocycles. The standard InChI is InChI=1S/C23H22N2O3S2/c26-22-23(13-15-24(17-23)30(27,28)21-11-6-16-29-21)19-9-4-5-10-20(19)25(22)14-12-18-7-2-1-3-8-18/h1-11,16H,12-15,17H2. The van der Waals surface area contributed by atoms with Crippen molar-refractivity contribution in [2.45, 2.75) is 22.5 Å². The quantitative estimate of drug-likeness (QED) is 0.568. The minimum atomic E-state index is -3.58. The molecule has 0 saturated carbocycles. The summed E-state index contributed by atoms with van der Waals surface area (Å²) in [5.41, 5.74) is 2.25. The van der Waals surface area contributed by atoms with Crippen LogP contribution >= 0.6 is 11.3 Å². The van der Waals surface area contributed by atoms with E-state index in [4.69, 9.17) is 0 Å². The maximum absolute atomic E-state index is 13.7. The molecule has 0 aliphatic carbocycles. The van der Waals surface area contributed by atoms with Gasteiger partial charge in [-0.1, -0.05) is 64.1 Å². The average Bonchev–Trinajstić information content (AvgIpc) is 3.50. The number of fused-ring (bicyclic) bond motifs is 2. The van der Waals surface area contributed by atoms with Crippen LogP contribution in [0.2, 0.25) is 0 Å². The molecule has 2 aliphatic heterocycles. The van der Waals surface area contributed by atoms with Crippen molar-refractivity contribution in [1.82, 2.24) is 4.31 Å². The Morgan fingerprint density at radius 2 is 1.80 bits per heavy atom.